The van der Waals surface area contributed by atoms with Gasteiger partial charge in [-0.05, 0) is 43.7 Å². The number of amides is 1. The number of nitrogens with one attached hydrogen (secondary N) is 1. The molecule has 1 aromatic heterocycles. The third kappa shape index (κ3) is 4.39. The van der Waals surface area contributed by atoms with E-state index in [9.17, 15) is 13.6 Å². The number of rotatable bonds is 6. The minimum absolute atomic E-state index is 0.183. The maximum Gasteiger partial charge on any atom is 0.233 e. The van der Waals surface area contributed by atoms with Crippen LogP contribution in [0.1, 0.15) is 25.5 Å². The van der Waals surface area contributed by atoms with Crippen molar-refractivity contribution in [2.24, 2.45) is 7.05 Å². The average molecular weight is 402 g/mol. The Kier molecular flexibility index (Phi) is 6.08. The quantitative estimate of drug-likeness (QED) is 0.630. The Bertz CT molecular complexity index is 975. The monoisotopic (exact) mass is 402 g/mol. The van der Waals surface area contributed by atoms with Gasteiger partial charge in [0.2, 0.25) is 5.91 Å². The van der Waals surface area contributed by atoms with E-state index >= 15 is 0 Å². The fourth-order valence-corrected chi connectivity index (χ4v) is 3.50. The molecular weight excluding hydrogens is 382 g/mol. The van der Waals surface area contributed by atoms with Crippen LogP contribution in [0, 0.1) is 11.6 Å². The van der Waals surface area contributed by atoms with E-state index in [4.69, 9.17) is 0 Å². The largest absolute Gasteiger partial charge is 0.349 e. The molecule has 0 radical (unpaired) electrons. The zero-order valence-electron chi connectivity index (χ0n) is 15.7. The van der Waals surface area contributed by atoms with E-state index in [1.807, 2.05) is 6.92 Å². The second-order valence-corrected chi connectivity index (χ2v) is 7.69. The lowest BCUT2D eigenvalue weighted by molar-refractivity contribution is -0.120. The molecule has 3 rings (SSSR count). The maximum absolute atomic E-state index is 14.0. The fourth-order valence-electron chi connectivity index (χ4n) is 2.67. The minimum Gasteiger partial charge on any atom is -0.349 e. The summed E-state index contributed by atoms with van der Waals surface area (Å²) < 4.78 is 28.7. The molecule has 0 aliphatic heterocycles. The summed E-state index contributed by atoms with van der Waals surface area (Å²) in [6, 6.07) is 12.1. The highest BCUT2D eigenvalue weighted by atomic mass is 32.2. The number of hydrogen-bond acceptors (Lipinski definition) is 4. The molecule has 0 fully saturated rings. The molecular formula is C20H20F2N4OS. The first-order valence-corrected chi connectivity index (χ1v) is 9.61. The highest BCUT2D eigenvalue weighted by Crippen LogP contribution is 2.27. The molecule has 2 atom stereocenters. The van der Waals surface area contributed by atoms with Crippen molar-refractivity contribution in [3.05, 3.63) is 65.7 Å². The predicted octanol–water partition coefficient (Wildman–Crippen LogP) is 4.12. The van der Waals surface area contributed by atoms with Crippen molar-refractivity contribution in [2.45, 2.75) is 30.3 Å². The van der Waals surface area contributed by atoms with Crippen molar-refractivity contribution in [1.82, 2.24) is 20.1 Å². The fraction of sp³-hybridized carbons (Fsp3) is 0.250. The van der Waals surface area contributed by atoms with Gasteiger partial charge in [-0.25, -0.2) is 8.78 Å². The first-order chi connectivity index (χ1) is 13.4. The van der Waals surface area contributed by atoms with Crippen molar-refractivity contribution in [3.8, 4) is 11.4 Å². The lowest BCUT2D eigenvalue weighted by Gasteiger charge is -2.17. The van der Waals surface area contributed by atoms with Crippen molar-refractivity contribution >= 4 is 17.7 Å². The molecule has 2 aromatic carbocycles. The van der Waals surface area contributed by atoms with Crippen LogP contribution in [0.25, 0.3) is 11.4 Å². The Hall–Kier alpha value is -2.74. The molecule has 0 aliphatic carbocycles. The zero-order chi connectivity index (χ0) is 20.3. The molecule has 0 spiro atoms. The van der Waals surface area contributed by atoms with Gasteiger partial charge in [0.05, 0.1) is 16.9 Å². The Morgan fingerprint density at radius 1 is 1.07 bits per heavy atom. The van der Waals surface area contributed by atoms with Gasteiger partial charge >= 0.3 is 0 Å². The summed E-state index contributed by atoms with van der Waals surface area (Å²) in [5, 5.41) is 11.1. The topological polar surface area (TPSA) is 59.8 Å². The molecule has 0 aliphatic rings. The van der Waals surface area contributed by atoms with E-state index in [2.05, 4.69) is 15.5 Å². The van der Waals surface area contributed by atoms with Crippen LogP contribution in [-0.4, -0.2) is 25.9 Å². The highest BCUT2D eigenvalue weighted by Gasteiger charge is 2.21. The molecule has 146 valence electrons. The number of carbonyl (C=O) groups excluding carboxylic acids is 1. The Morgan fingerprint density at radius 3 is 2.43 bits per heavy atom. The van der Waals surface area contributed by atoms with Gasteiger partial charge in [0.25, 0.3) is 0 Å². The lowest BCUT2D eigenvalue weighted by atomic mass is 10.1. The molecule has 0 saturated carbocycles. The second-order valence-electron chi connectivity index (χ2n) is 6.39. The van der Waals surface area contributed by atoms with Crippen molar-refractivity contribution in [2.75, 3.05) is 0 Å². The number of hydrogen-bond donors (Lipinski definition) is 1. The van der Waals surface area contributed by atoms with E-state index in [1.54, 1.807) is 48.9 Å². The average Bonchev–Trinajstić information content (AvgIpc) is 3.03. The number of nitrogens with zero attached hydrogens (tertiary/aromatic N) is 3. The normalized spacial score (nSPS) is 13.2. The standard InChI is InChI=1S/C20H20F2N4OS/c1-12(14-8-10-15(21)11-9-14)23-19(27)13(2)28-20-25-24-18(26(20)3)16-6-4-5-7-17(16)22/h4-13H,1-3H3,(H,23,27)/t12-,13-/m0/s1. The van der Waals surface area contributed by atoms with E-state index in [0.29, 0.717) is 16.5 Å². The SMILES string of the molecule is C[C@H](Sc1nnc(-c2ccccc2F)n1C)C(=O)N[C@@H](C)c1ccc(F)cc1. The smallest absolute Gasteiger partial charge is 0.233 e. The first-order valence-electron chi connectivity index (χ1n) is 8.73. The molecule has 28 heavy (non-hydrogen) atoms. The van der Waals surface area contributed by atoms with E-state index < -0.39 is 5.25 Å². The van der Waals surface area contributed by atoms with Crippen molar-refractivity contribution in [1.29, 1.82) is 0 Å². The maximum atomic E-state index is 14.0. The summed E-state index contributed by atoms with van der Waals surface area (Å²) in [5.74, 6) is -0.488. The van der Waals surface area contributed by atoms with Crippen LogP contribution < -0.4 is 5.32 Å². The van der Waals surface area contributed by atoms with Gasteiger partial charge in [-0.1, -0.05) is 36.0 Å². The van der Waals surface area contributed by atoms with Crippen molar-refractivity contribution < 1.29 is 13.6 Å². The summed E-state index contributed by atoms with van der Waals surface area (Å²) >= 11 is 1.23. The van der Waals surface area contributed by atoms with Crippen LogP contribution >= 0.6 is 11.8 Å². The third-order valence-corrected chi connectivity index (χ3v) is 5.46. The van der Waals surface area contributed by atoms with Gasteiger partial charge in [0.1, 0.15) is 11.6 Å². The second kappa shape index (κ2) is 8.52. The zero-order valence-corrected chi connectivity index (χ0v) is 16.5. The minimum atomic E-state index is -0.445. The van der Waals surface area contributed by atoms with Crippen molar-refractivity contribution in [3.63, 3.8) is 0 Å². The molecule has 3 aromatic rings. The van der Waals surface area contributed by atoms with E-state index in [-0.39, 0.29) is 23.6 Å². The molecule has 1 heterocycles. The van der Waals surface area contributed by atoms with Crippen LogP contribution in [0.15, 0.2) is 53.7 Å². The Morgan fingerprint density at radius 2 is 1.75 bits per heavy atom. The van der Waals surface area contributed by atoms with Crippen LogP contribution in [0.3, 0.4) is 0 Å². The lowest BCUT2D eigenvalue weighted by Crippen LogP contribution is -2.33. The van der Waals surface area contributed by atoms with Gasteiger partial charge < -0.3 is 9.88 Å². The van der Waals surface area contributed by atoms with Crippen LogP contribution in [-0.2, 0) is 11.8 Å². The molecule has 5 nitrogen and oxygen atoms in total. The number of thioether (sulfide) groups is 1. The first kappa shape index (κ1) is 20.0. The predicted molar refractivity (Wildman–Crippen MR) is 105 cm³/mol. The van der Waals surface area contributed by atoms with Gasteiger partial charge in [0.15, 0.2) is 11.0 Å². The summed E-state index contributed by atoms with van der Waals surface area (Å²) in [5.41, 5.74) is 1.17. The molecule has 1 N–H and O–H groups in total. The Labute approximate surface area is 166 Å². The molecule has 0 unspecified atom stereocenters. The summed E-state index contributed by atoms with van der Waals surface area (Å²) in [7, 11) is 1.73. The van der Waals surface area contributed by atoms with E-state index in [1.165, 1.54) is 30.0 Å². The van der Waals surface area contributed by atoms with Crippen LogP contribution in [0.4, 0.5) is 8.78 Å². The third-order valence-electron chi connectivity index (χ3n) is 4.33. The number of aromatic nitrogens is 3. The number of halogens is 2. The van der Waals surface area contributed by atoms with Gasteiger partial charge in [0, 0.05) is 7.05 Å². The molecule has 0 bridgehead atoms. The van der Waals surface area contributed by atoms with E-state index in [0.717, 1.165) is 5.56 Å². The summed E-state index contributed by atoms with van der Waals surface area (Å²) in [6.45, 7) is 3.59. The summed E-state index contributed by atoms with van der Waals surface area (Å²) in [6.07, 6.45) is 0. The van der Waals surface area contributed by atoms with Crippen LogP contribution in [0.2, 0.25) is 0 Å². The number of benzene rings is 2. The van der Waals surface area contributed by atoms with Gasteiger partial charge in [-0.3, -0.25) is 4.79 Å². The number of carbonyl (C=O) groups is 1. The van der Waals surface area contributed by atoms with Gasteiger partial charge in [-0.15, -0.1) is 10.2 Å². The highest BCUT2D eigenvalue weighted by molar-refractivity contribution is 8.00. The van der Waals surface area contributed by atoms with Gasteiger partial charge in [-0.2, -0.15) is 0 Å². The molecule has 0 saturated heterocycles. The van der Waals surface area contributed by atoms with Crippen LogP contribution in [0.5, 0.6) is 0 Å². The Balaban J connectivity index is 1.67. The molecule has 1 amide bonds. The summed E-state index contributed by atoms with van der Waals surface area (Å²) in [4.78, 5) is 12.5. The molecule has 8 heteroatoms.